The van der Waals surface area contributed by atoms with Crippen LogP contribution in [-0.2, 0) is 24.2 Å². The fraction of sp³-hybridized carbons (Fsp3) is 0.833. The lowest BCUT2D eigenvalue weighted by Crippen LogP contribution is -2.42. The lowest BCUT2D eigenvalue weighted by molar-refractivity contribution is -0.145. The van der Waals surface area contributed by atoms with Gasteiger partial charge in [-0.05, 0) is 19.4 Å². The maximum atomic E-state index is 11.8. The number of nitrogens with one attached hydrogen (secondary N) is 1. The molecule has 1 N–H and O–H groups in total. The third-order valence-electron chi connectivity index (χ3n) is 3.77. The first-order chi connectivity index (χ1) is 9.39. The molecule has 0 bridgehead atoms. The highest BCUT2D eigenvalue weighted by atomic mass is 32.2. The molecule has 0 spiro atoms. The van der Waals surface area contributed by atoms with Crippen LogP contribution in [0.4, 0.5) is 0 Å². The van der Waals surface area contributed by atoms with Gasteiger partial charge in [-0.15, -0.1) is 0 Å². The predicted octanol–water partition coefficient (Wildman–Crippen LogP) is -1.22. The van der Waals surface area contributed by atoms with Crippen molar-refractivity contribution in [3.8, 4) is 0 Å². The zero-order valence-corrected chi connectivity index (χ0v) is 12.3. The van der Waals surface area contributed by atoms with Crippen LogP contribution in [0.3, 0.4) is 0 Å². The third-order valence-corrected chi connectivity index (χ3v) is 5.54. The Balaban J connectivity index is 1.75. The summed E-state index contributed by atoms with van der Waals surface area (Å²) in [5.41, 5.74) is 0. The van der Waals surface area contributed by atoms with Crippen LogP contribution < -0.4 is 5.32 Å². The number of methoxy groups -OCH3 is 1. The van der Waals surface area contributed by atoms with Crippen molar-refractivity contribution < 1.29 is 22.7 Å². The third kappa shape index (κ3) is 3.92. The quantitative estimate of drug-likeness (QED) is 0.655. The maximum absolute atomic E-state index is 11.8. The molecule has 0 radical (unpaired) electrons. The summed E-state index contributed by atoms with van der Waals surface area (Å²) < 4.78 is 27.3. The molecule has 0 saturated carbocycles. The second-order valence-electron chi connectivity index (χ2n) is 5.41. The number of esters is 1. The van der Waals surface area contributed by atoms with Crippen LogP contribution in [0.1, 0.15) is 12.8 Å². The van der Waals surface area contributed by atoms with E-state index in [9.17, 15) is 18.0 Å². The molecule has 0 aromatic heterocycles. The van der Waals surface area contributed by atoms with Gasteiger partial charge >= 0.3 is 5.97 Å². The highest BCUT2D eigenvalue weighted by Gasteiger charge is 2.32. The largest absolute Gasteiger partial charge is 0.469 e. The van der Waals surface area contributed by atoms with Gasteiger partial charge in [-0.2, -0.15) is 0 Å². The van der Waals surface area contributed by atoms with Crippen LogP contribution in [0, 0.1) is 5.92 Å². The number of nitrogens with zero attached hydrogens (tertiary/aromatic N) is 1. The molecule has 2 fully saturated rings. The Kier molecular flexibility index (Phi) is 4.64. The van der Waals surface area contributed by atoms with E-state index in [0.717, 1.165) is 0 Å². The minimum absolute atomic E-state index is 0.0313. The molecule has 20 heavy (non-hydrogen) atoms. The summed E-state index contributed by atoms with van der Waals surface area (Å²) >= 11 is 0. The van der Waals surface area contributed by atoms with Crippen LogP contribution in [0.2, 0.25) is 0 Å². The summed E-state index contributed by atoms with van der Waals surface area (Å²) in [4.78, 5) is 25.1. The zero-order valence-electron chi connectivity index (χ0n) is 11.5. The molecule has 0 aromatic rings. The lowest BCUT2D eigenvalue weighted by atomic mass is 10.1. The molecule has 2 atom stereocenters. The van der Waals surface area contributed by atoms with Crippen molar-refractivity contribution in [2.24, 2.45) is 5.92 Å². The van der Waals surface area contributed by atoms with E-state index < -0.39 is 9.84 Å². The van der Waals surface area contributed by atoms with Crippen LogP contribution in [0.5, 0.6) is 0 Å². The van der Waals surface area contributed by atoms with Crippen LogP contribution in [0.25, 0.3) is 0 Å². The van der Waals surface area contributed by atoms with Crippen molar-refractivity contribution in [2.75, 3.05) is 38.2 Å². The number of hydrogen-bond acceptors (Lipinski definition) is 6. The summed E-state index contributed by atoms with van der Waals surface area (Å²) in [5.74, 6) is -0.414. The first-order valence-electron chi connectivity index (χ1n) is 6.69. The fourth-order valence-corrected chi connectivity index (χ4v) is 4.39. The van der Waals surface area contributed by atoms with E-state index in [-0.39, 0.29) is 41.9 Å². The van der Waals surface area contributed by atoms with Crippen molar-refractivity contribution in [3.63, 3.8) is 0 Å². The minimum Gasteiger partial charge on any atom is -0.469 e. The summed E-state index contributed by atoms with van der Waals surface area (Å²) in [6.45, 7) is 1.39. The number of rotatable bonds is 4. The van der Waals surface area contributed by atoms with Crippen molar-refractivity contribution in [1.82, 2.24) is 10.2 Å². The van der Waals surface area contributed by atoms with Gasteiger partial charge in [-0.1, -0.05) is 0 Å². The van der Waals surface area contributed by atoms with Crippen LogP contribution >= 0.6 is 0 Å². The van der Waals surface area contributed by atoms with E-state index in [4.69, 9.17) is 0 Å². The van der Waals surface area contributed by atoms with E-state index in [2.05, 4.69) is 10.1 Å². The molecule has 2 rings (SSSR count). The zero-order chi connectivity index (χ0) is 14.8. The van der Waals surface area contributed by atoms with Gasteiger partial charge in [0, 0.05) is 12.6 Å². The molecule has 2 unspecified atom stereocenters. The van der Waals surface area contributed by atoms with E-state index in [1.54, 1.807) is 0 Å². The van der Waals surface area contributed by atoms with Gasteiger partial charge in [0.1, 0.15) is 0 Å². The topological polar surface area (TPSA) is 92.8 Å². The van der Waals surface area contributed by atoms with Crippen LogP contribution in [-0.4, -0.2) is 69.5 Å². The van der Waals surface area contributed by atoms with Gasteiger partial charge in [0.05, 0.1) is 31.1 Å². The number of likely N-dealkylation sites (tertiary alicyclic amines) is 1. The van der Waals surface area contributed by atoms with E-state index >= 15 is 0 Å². The monoisotopic (exact) mass is 304 g/mol. The molecule has 2 aliphatic rings. The summed E-state index contributed by atoms with van der Waals surface area (Å²) in [6.07, 6.45) is 1.18. The first-order valence-corrected chi connectivity index (χ1v) is 8.52. The van der Waals surface area contributed by atoms with E-state index in [1.807, 2.05) is 4.90 Å². The molecule has 2 heterocycles. The Bertz CT molecular complexity index is 490. The molecule has 7 nitrogen and oxygen atoms in total. The highest BCUT2D eigenvalue weighted by molar-refractivity contribution is 7.91. The number of ether oxygens (including phenoxy) is 1. The van der Waals surface area contributed by atoms with Gasteiger partial charge in [-0.3, -0.25) is 14.5 Å². The Morgan fingerprint density at radius 3 is 2.70 bits per heavy atom. The summed E-state index contributed by atoms with van der Waals surface area (Å²) in [7, 11) is -1.62. The Hall–Kier alpha value is -1.15. The van der Waals surface area contributed by atoms with Crippen molar-refractivity contribution in [1.29, 1.82) is 0 Å². The van der Waals surface area contributed by atoms with Gasteiger partial charge in [0.2, 0.25) is 5.91 Å². The van der Waals surface area contributed by atoms with Crippen LogP contribution in [0.15, 0.2) is 0 Å². The highest BCUT2D eigenvalue weighted by Crippen LogP contribution is 2.17. The second-order valence-corrected chi connectivity index (χ2v) is 7.64. The predicted molar refractivity (Wildman–Crippen MR) is 71.8 cm³/mol. The molecule has 0 aliphatic carbocycles. The number of hydrogen-bond donors (Lipinski definition) is 1. The molecular formula is C12H20N2O5S. The van der Waals surface area contributed by atoms with Crippen molar-refractivity contribution in [3.05, 3.63) is 0 Å². The van der Waals surface area contributed by atoms with Crippen molar-refractivity contribution in [2.45, 2.75) is 18.9 Å². The SMILES string of the molecule is COC(=O)C1CCN(CC(=O)NC2CCS(=O)(=O)C2)C1. The standard InChI is InChI=1S/C12H20N2O5S/c1-19-12(16)9-2-4-14(6-9)7-11(15)13-10-3-5-20(17,18)8-10/h9-10H,2-8H2,1H3,(H,13,15). The van der Waals surface area contributed by atoms with Gasteiger partial charge in [0.25, 0.3) is 0 Å². The van der Waals surface area contributed by atoms with E-state index in [1.165, 1.54) is 7.11 Å². The number of carbonyl (C=O) groups excluding carboxylic acids is 2. The summed E-state index contributed by atoms with van der Waals surface area (Å²) in [6, 6.07) is -0.272. The normalized spacial score (nSPS) is 29.2. The molecule has 114 valence electrons. The van der Waals surface area contributed by atoms with Gasteiger partial charge < -0.3 is 10.1 Å². The van der Waals surface area contributed by atoms with Crippen molar-refractivity contribution >= 4 is 21.7 Å². The second kappa shape index (κ2) is 6.09. The summed E-state index contributed by atoms with van der Waals surface area (Å²) in [5, 5.41) is 2.74. The average Bonchev–Trinajstić information content (AvgIpc) is 2.95. The Morgan fingerprint density at radius 2 is 2.10 bits per heavy atom. The molecule has 2 saturated heterocycles. The number of amides is 1. The average molecular weight is 304 g/mol. The maximum Gasteiger partial charge on any atom is 0.310 e. The number of sulfone groups is 1. The lowest BCUT2D eigenvalue weighted by Gasteiger charge is -2.17. The Morgan fingerprint density at radius 1 is 1.35 bits per heavy atom. The fourth-order valence-electron chi connectivity index (χ4n) is 2.72. The molecule has 0 aromatic carbocycles. The molecular weight excluding hydrogens is 284 g/mol. The molecule has 2 aliphatic heterocycles. The first kappa shape index (κ1) is 15.2. The number of carbonyl (C=O) groups is 2. The van der Waals surface area contributed by atoms with Gasteiger partial charge in [0.15, 0.2) is 9.84 Å². The Labute approximate surface area is 118 Å². The molecule has 8 heteroatoms. The molecule has 1 amide bonds. The minimum atomic E-state index is -2.98. The smallest absolute Gasteiger partial charge is 0.310 e. The van der Waals surface area contributed by atoms with E-state index in [0.29, 0.717) is 25.9 Å². The van der Waals surface area contributed by atoms with Gasteiger partial charge in [-0.25, -0.2) is 8.42 Å².